The lowest BCUT2D eigenvalue weighted by Crippen LogP contribution is -2.30. The molecule has 0 spiro atoms. The Labute approximate surface area is 503 Å². The van der Waals surface area contributed by atoms with Crippen LogP contribution in [0.2, 0.25) is 0 Å². The molecule has 468 valence electrons. The van der Waals surface area contributed by atoms with Crippen molar-refractivity contribution in [3.63, 3.8) is 0 Å². The molecular formula is C75H132O6. The van der Waals surface area contributed by atoms with Crippen LogP contribution in [0.4, 0.5) is 0 Å². The molecule has 0 saturated carbocycles. The number of ether oxygens (including phenoxy) is 3. The first-order chi connectivity index (χ1) is 40.0. The quantitative estimate of drug-likeness (QED) is 0.0261. The molecule has 1 atom stereocenters. The smallest absolute Gasteiger partial charge is 0.306 e. The van der Waals surface area contributed by atoms with Crippen molar-refractivity contribution in [2.75, 3.05) is 13.2 Å². The molecule has 6 heteroatoms. The van der Waals surface area contributed by atoms with Crippen LogP contribution in [-0.4, -0.2) is 37.2 Å². The van der Waals surface area contributed by atoms with Crippen LogP contribution < -0.4 is 0 Å². The van der Waals surface area contributed by atoms with Crippen LogP contribution in [0, 0.1) is 0 Å². The number of hydrogen-bond donors (Lipinski definition) is 0. The van der Waals surface area contributed by atoms with Crippen molar-refractivity contribution in [3.05, 3.63) is 85.1 Å². The topological polar surface area (TPSA) is 78.9 Å². The Hall–Kier alpha value is -3.41. The zero-order chi connectivity index (χ0) is 58.5. The monoisotopic (exact) mass is 1130 g/mol. The molecule has 6 nitrogen and oxygen atoms in total. The molecule has 81 heavy (non-hydrogen) atoms. The van der Waals surface area contributed by atoms with E-state index in [0.29, 0.717) is 19.3 Å². The van der Waals surface area contributed by atoms with Crippen LogP contribution in [0.25, 0.3) is 0 Å². The normalized spacial score (nSPS) is 12.6. The number of carbonyl (C=O) groups is 3. The standard InChI is InChI=1S/C75H132O6/c1-4-7-10-13-16-19-22-25-28-31-33-35-36-37-38-40-41-44-47-50-53-56-59-62-65-68-74(77)80-71-72(70-79-73(76)67-64-61-58-55-52-49-46-43-30-27-24-21-18-15-12-9-6-3)81-75(78)69-66-63-60-57-54-51-48-45-42-39-34-32-29-26-23-20-17-14-11-8-5-2/h18,21-23,25-27,30-34,42,45,72H,4-17,19-20,24,28-29,35-41,43-44,46-71H2,1-3H3/b21-18-,25-22-,26-23-,30-27-,33-31-,34-32-,45-42-. The van der Waals surface area contributed by atoms with Crippen molar-refractivity contribution < 1.29 is 28.6 Å². The second-order valence-electron chi connectivity index (χ2n) is 23.4. The van der Waals surface area contributed by atoms with Gasteiger partial charge in [0.25, 0.3) is 0 Å². The summed E-state index contributed by atoms with van der Waals surface area (Å²) in [6, 6.07) is 0. The highest BCUT2D eigenvalue weighted by molar-refractivity contribution is 5.71. The summed E-state index contributed by atoms with van der Waals surface area (Å²) >= 11 is 0. The van der Waals surface area contributed by atoms with E-state index in [1.807, 2.05) is 0 Å². The maximum absolute atomic E-state index is 13.0. The minimum Gasteiger partial charge on any atom is -0.462 e. The van der Waals surface area contributed by atoms with Gasteiger partial charge in [-0.05, 0) is 122 Å². The fraction of sp³-hybridized carbons (Fsp3) is 0.773. The van der Waals surface area contributed by atoms with Crippen LogP contribution in [0.3, 0.4) is 0 Å². The fourth-order valence-corrected chi connectivity index (χ4v) is 10.0. The Bertz CT molecular complexity index is 1530. The number of carbonyl (C=O) groups excluding carboxylic acids is 3. The SMILES string of the molecule is CCCCC/C=C\C/C=C\CCCCCCCCCC(=O)OCC(COC(=O)CCCCCCCCCCCCCCC/C=C\C/C=C\CCCCCCC)OC(=O)CCCCCCCC/C=C\C/C=C\C/C=C\CCCCCCC. The lowest BCUT2D eigenvalue weighted by atomic mass is 10.0. The maximum atomic E-state index is 13.0. The molecule has 0 aromatic rings. The summed E-state index contributed by atoms with van der Waals surface area (Å²) in [5, 5.41) is 0. The lowest BCUT2D eigenvalue weighted by molar-refractivity contribution is -0.167. The molecule has 0 rings (SSSR count). The van der Waals surface area contributed by atoms with Gasteiger partial charge in [-0.25, -0.2) is 0 Å². The Kier molecular flexibility index (Phi) is 66.2. The van der Waals surface area contributed by atoms with E-state index >= 15 is 0 Å². The molecule has 0 aliphatic rings. The van der Waals surface area contributed by atoms with Crippen molar-refractivity contribution in [2.24, 2.45) is 0 Å². The largest absolute Gasteiger partial charge is 0.462 e. The van der Waals surface area contributed by atoms with Gasteiger partial charge in [0.2, 0.25) is 0 Å². The molecule has 0 aromatic heterocycles. The summed E-state index contributed by atoms with van der Waals surface area (Å²) < 4.78 is 17.0. The number of hydrogen-bond acceptors (Lipinski definition) is 6. The first kappa shape index (κ1) is 77.6. The van der Waals surface area contributed by atoms with Gasteiger partial charge < -0.3 is 14.2 Å². The predicted molar refractivity (Wildman–Crippen MR) is 353 cm³/mol. The minimum absolute atomic E-state index is 0.0833. The van der Waals surface area contributed by atoms with E-state index in [2.05, 4.69) is 106 Å². The van der Waals surface area contributed by atoms with Crippen LogP contribution >= 0.6 is 0 Å². The van der Waals surface area contributed by atoms with Crippen molar-refractivity contribution in [1.29, 1.82) is 0 Å². The highest BCUT2D eigenvalue weighted by atomic mass is 16.6. The van der Waals surface area contributed by atoms with Crippen molar-refractivity contribution in [3.8, 4) is 0 Å². The summed E-state index contributed by atoms with van der Waals surface area (Å²) in [7, 11) is 0. The third kappa shape index (κ3) is 67.3. The molecule has 0 aromatic carbocycles. The van der Waals surface area contributed by atoms with Crippen LogP contribution in [0.5, 0.6) is 0 Å². The van der Waals surface area contributed by atoms with Gasteiger partial charge in [-0.2, -0.15) is 0 Å². The number of esters is 3. The van der Waals surface area contributed by atoms with Crippen molar-refractivity contribution in [2.45, 2.75) is 361 Å². The van der Waals surface area contributed by atoms with Gasteiger partial charge in [0.15, 0.2) is 6.10 Å². The summed E-state index contributed by atoms with van der Waals surface area (Å²) in [6.45, 7) is 6.62. The van der Waals surface area contributed by atoms with Gasteiger partial charge in [-0.1, -0.05) is 298 Å². The molecular weight excluding hydrogens is 997 g/mol. The fourth-order valence-electron chi connectivity index (χ4n) is 10.0. The molecule has 0 radical (unpaired) electrons. The van der Waals surface area contributed by atoms with Gasteiger partial charge in [0, 0.05) is 19.3 Å². The Morgan fingerprint density at radius 3 is 0.716 bits per heavy atom. The highest BCUT2D eigenvalue weighted by Gasteiger charge is 2.19. The molecule has 0 N–H and O–H groups in total. The van der Waals surface area contributed by atoms with Gasteiger partial charge in [-0.3, -0.25) is 14.4 Å². The summed E-state index contributed by atoms with van der Waals surface area (Å²) in [6.07, 6.45) is 91.6. The number of allylic oxidation sites excluding steroid dienone is 14. The molecule has 0 bridgehead atoms. The molecule has 0 saturated heterocycles. The molecule has 0 amide bonds. The summed E-state index contributed by atoms with van der Waals surface area (Å²) in [4.78, 5) is 38.5. The van der Waals surface area contributed by atoms with Gasteiger partial charge in [0.1, 0.15) is 13.2 Å². The first-order valence-electron chi connectivity index (χ1n) is 35.1. The Morgan fingerprint density at radius 2 is 0.444 bits per heavy atom. The zero-order valence-electron chi connectivity index (χ0n) is 53.8. The summed E-state index contributed by atoms with van der Waals surface area (Å²) in [5.41, 5.74) is 0. The van der Waals surface area contributed by atoms with E-state index in [1.165, 1.54) is 212 Å². The lowest BCUT2D eigenvalue weighted by Gasteiger charge is -2.18. The number of rotatable bonds is 64. The van der Waals surface area contributed by atoms with Crippen LogP contribution in [0.15, 0.2) is 85.1 Å². The predicted octanol–water partition coefficient (Wildman–Crippen LogP) is 24.2. The second-order valence-corrected chi connectivity index (χ2v) is 23.4. The molecule has 0 fully saturated rings. The molecule has 0 heterocycles. The molecule has 1 unspecified atom stereocenters. The van der Waals surface area contributed by atoms with E-state index in [1.54, 1.807) is 0 Å². The van der Waals surface area contributed by atoms with E-state index in [-0.39, 0.29) is 31.1 Å². The first-order valence-corrected chi connectivity index (χ1v) is 35.1. The average Bonchev–Trinajstić information content (AvgIpc) is 3.47. The van der Waals surface area contributed by atoms with E-state index in [0.717, 1.165) is 103 Å². The van der Waals surface area contributed by atoms with Crippen LogP contribution in [0.1, 0.15) is 355 Å². The maximum Gasteiger partial charge on any atom is 0.306 e. The molecule has 0 aliphatic heterocycles. The Morgan fingerprint density at radius 1 is 0.247 bits per heavy atom. The van der Waals surface area contributed by atoms with Gasteiger partial charge in [0.05, 0.1) is 0 Å². The van der Waals surface area contributed by atoms with Gasteiger partial charge >= 0.3 is 17.9 Å². The van der Waals surface area contributed by atoms with Crippen LogP contribution in [-0.2, 0) is 28.6 Å². The van der Waals surface area contributed by atoms with Crippen molar-refractivity contribution in [1.82, 2.24) is 0 Å². The van der Waals surface area contributed by atoms with E-state index in [9.17, 15) is 14.4 Å². The minimum atomic E-state index is -0.790. The highest BCUT2D eigenvalue weighted by Crippen LogP contribution is 2.17. The van der Waals surface area contributed by atoms with E-state index in [4.69, 9.17) is 14.2 Å². The molecule has 0 aliphatic carbocycles. The van der Waals surface area contributed by atoms with Crippen molar-refractivity contribution >= 4 is 17.9 Å². The Balaban J connectivity index is 4.37. The second kappa shape index (κ2) is 69.1. The van der Waals surface area contributed by atoms with Gasteiger partial charge in [-0.15, -0.1) is 0 Å². The zero-order valence-corrected chi connectivity index (χ0v) is 53.8. The average molecular weight is 1130 g/mol. The van der Waals surface area contributed by atoms with E-state index < -0.39 is 6.10 Å². The summed E-state index contributed by atoms with van der Waals surface area (Å²) in [5.74, 6) is -0.888. The third-order valence-electron chi connectivity index (χ3n) is 15.3. The third-order valence-corrected chi connectivity index (χ3v) is 15.3. The number of unbranched alkanes of at least 4 members (excludes halogenated alkanes) is 39.